The first kappa shape index (κ1) is 38.2. The van der Waals surface area contributed by atoms with Gasteiger partial charge in [-0.15, -0.1) is 0 Å². The molecule has 63 heavy (non-hydrogen) atoms. The minimum absolute atomic E-state index is 0.210. The normalized spacial score (nSPS) is 12.5. The molecule has 0 amide bonds. The molecular formula is C62H47N. The molecule has 0 atom stereocenters. The zero-order valence-electron chi connectivity index (χ0n) is 35.9. The third-order valence-electron chi connectivity index (χ3n) is 13.2. The van der Waals surface area contributed by atoms with Crippen molar-refractivity contribution in [2.45, 2.75) is 26.2 Å². The number of anilines is 3. The number of benzene rings is 10. The summed E-state index contributed by atoms with van der Waals surface area (Å²) < 4.78 is 0. The van der Waals surface area contributed by atoms with Crippen LogP contribution in [0.2, 0.25) is 0 Å². The average molecular weight is 806 g/mol. The summed E-state index contributed by atoms with van der Waals surface area (Å²) in [5, 5.41) is 2.43. The number of aryl methyl sites for hydroxylation is 1. The first-order valence-electron chi connectivity index (χ1n) is 22.0. The summed E-state index contributed by atoms with van der Waals surface area (Å²) in [5.41, 5.74) is 21.9. The Labute approximate surface area is 371 Å². The van der Waals surface area contributed by atoms with Crippen molar-refractivity contribution >= 4 is 27.8 Å². The van der Waals surface area contributed by atoms with Gasteiger partial charge in [-0.1, -0.05) is 208 Å². The number of nitrogens with zero attached hydrogens (tertiary/aromatic N) is 1. The summed E-state index contributed by atoms with van der Waals surface area (Å²) in [6.07, 6.45) is 0. The molecule has 1 nitrogen and oxygen atoms in total. The van der Waals surface area contributed by atoms with Crippen LogP contribution in [0.3, 0.4) is 0 Å². The van der Waals surface area contributed by atoms with Gasteiger partial charge in [0.1, 0.15) is 0 Å². The molecule has 0 fully saturated rings. The highest BCUT2D eigenvalue weighted by atomic mass is 15.1. The zero-order valence-corrected chi connectivity index (χ0v) is 35.9. The van der Waals surface area contributed by atoms with Gasteiger partial charge >= 0.3 is 0 Å². The highest BCUT2D eigenvalue weighted by Crippen LogP contribution is 2.54. The zero-order chi connectivity index (χ0) is 42.5. The molecule has 1 aliphatic carbocycles. The molecule has 0 radical (unpaired) electrons. The molecule has 300 valence electrons. The van der Waals surface area contributed by atoms with Crippen LogP contribution in [0.25, 0.3) is 77.5 Å². The lowest BCUT2D eigenvalue weighted by molar-refractivity contribution is 0.660. The molecule has 0 heterocycles. The summed E-state index contributed by atoms with van der Waals surface area (Å²) in [6, 6.07) is 84.7. The predicted octanol–water partition coefficient (Wildman–Crippen LogP) is 17.3. The lowest BCUT2D eigenvalue weighted by Gasteiger charge is -2.30. The molecule has 0 N–H and O–H groups in total. The van der Waals surface area contributed by atoms with Gasteiger partial charge in [-0.2, -0.15) is 0 Å². The van der Waals surface area contributed by atoms with E-state index >= 15 is 0 Å². The minimum atomic E-state index is -0.210. The van der Waals surface area contributed by atoms with Gasteiger partial charge < -0.3 is 4.90 Å². The Kier molecular flexibility index (Phi) is 9.47. The van der Waals surface area contributed by atoms with Crippen molar-refractivity contribution in [1.82, 2.24) is 0 Å². The average Bonchev–Trinajstić information content (AvgIpc) is 3.57. The van der Waals surface area contributed by atoms with Gasteiger partial charge in [-0.05, 0) is 132 Å². The lowest BCUT2D eigenvalue weighted by atomic mass is 9.81. The SMILES string of the molecule is Cc1ccccc1-c1cc2ccccc2cc1N(c1ccc(-c2c(-c3ccccc3)cccc2-c2ccccc2)cc1)c1ccc2c(c1)C(C)(C)c1cccc(-c3ccccc3)c1-2. The Morgan fingerprint density at radius 1 is 0.317 bits per heavy atom. The van der Waals surface area contributed by atoms with E-state index in [1.165, 1.54) is 94.2 Å². The first-order valence-corrected chi connectivity index (χ1v) is 22.0. The van der Waals surface area contributed by atoms with Gasteiger partial charge in [0.25, 0.3) is 0 Å². The Hall–Kier alpha value is -7.74. The van der Waals surface area contributed by atoms with Crippen molar-refractivity contribution in [1.29, 1.82) is 0 Å². The molecule has 11 rings (SSSR count). The maximum absolute atomic E-state index is 2.50. The molecule has 10 aromatic rings. The number of hydrogen-bond acceptors (Lipinski definition) is 1. The fraction of sp³-hybridized carbons (Fsp3) is 0.0645. The molecule has 0 aromatic heterocycles. The number of rotatable bonds is 8. The van der Waals surface area contributed by atoms with Gasteiger partial charge in [0.05, 0.1) is 5.69 Å². The quantitative estimate of drug-likeness (QED) is 0.148. The van der Waals surface area contributed by atoms with Crippen molar-refractivity contribution in [3.05, 3.63) is 247 Å². The van der Waals surface area contributed by atoms with Gasteiger partial charge in [-0.25, -0.2) is 0 Å². The van der Waals surface area contributed by atoms with Gasteiger partial charge in [0.15, 0.2) is 0 Å². The maximum Gasteiger partial charge on any atom is 0.0546 e. The van der Waals surface area contributed by atoms with E-state index in [0.717, 1.165) is 17.1 Å². The molecular weight excluding hydrogens is 759 g/mol. The summed E-state index contributed by atoms with van der Waals surface area (Å²) in [5.74, 6) is 0. The molecule has 10 aromatic carbocycles. The van der Waals surface area contributed by atoms with E-state index in [2.05, 4.69) is 256 Å². The maximum atomic E-state index is 2.50. The smallest absolute Gasteiger partial charge is 0.0546 e. The summed E-state index contributed by atoms with van der Waals surface area (Å²) in [6.45, 7) is 7.00. The van der Waals surface area contributed by atoms with Crippen LogP contribution >= 0.6 is 0 Å². The highest BCUT2D eigenvalue weighted by Gasteiger charge is 2.37. The van der Waals surface area contributed by atoms with Crippen LogP contribution in [-0.4, -0.2) is 0 Å². The summed E-state index contributed by atoms with van der Waals surface area (Å²) in [4.78, 5) is 2.50. The van der Waals surface area contributed by atoms with Crippen LogP contribution in [-0.2, 0) is 5.41 Å². The minimum Gasteiger partial charge on any atom is -0.310 e. The molecule has 0 saturated heterocycles. The van der Waals surface area contributed by atoms with Crippen molar-refractivity contribution in [3.8, 4) is 66.8 Å². The van der Waals surface area contributed by atoms with Crippen LogP contribution in [0.4, 0.5) is 17.1 Å². The van der Waals surface area contributed by atoms with E-state index in [-0.39, 0.29) is 5.41 Å². The third kappa shape index (κ3) is 6.65. The van der Waals surface area contributed by atoms with Crippen LogP contribution in [0.1, 0.15) is 30.5 Å². The lowest BCUT2D eigenvalue weighted by Crippen LogP contribution is -2.17. The van der Waals surface area contributed by atoms with E-state index in [1.54, 1.807) is 0 Å². The van der Waals surface area contributed by atoms with Crippen molar-refractivity contribution < 1.29 is 0 Å². The molecule has 0 spiro atoms. The standard InChI is InChI=1S/C62H47N/c1-42-19-13-16-28-51(42)56-39-47-26-14-15-27-48(47)40-59(56)63(50-37-38-55-58(41-50)62(2,3)57-32-18-31-54(61(55)57)45-24-11-6-12-25-45)49-35-33-46(34-36-49)60-52(43-20-7-4-8-21-43)29-17-30-53(60)44-22-9-5-10-23-44/h4-41H,1-3H3. The van der Waals surface area contributed by atoms with E-state index < -0.39 is 0 Å². The van der Waals surface area contributed by atoms with Crippen LogP contribution in [0.5, 0.6) is 0 Å². The number of hydrogen-bond donors (Lipinski definition) is 0. The van der Waals surface area contributed by atoms with Crippen molar-refractivity contribution in [2.75, 3.05) is 4.90 Å². The second kappa shape index (κ2) is 15.6. The van der Waals surface area contributed by atoms with E-state index in [9.17, 15) is 0 Å². The first-order chi connectivity index (χ1) is 30.9. The van der Waals surface area contributed by atoms with E-state index in [0.29, 0.717) is 0 Å². The summed E-state index contributed by atoms with van der Waals surface area (Å²) >= 11 is 0. The second-order valence-corrected chi connectivity index (χ2v) is 17.3. The molecule has 1 heteroatoms. The van der Waals surface area contributed by atoms with Gasteiger partial charge in [0, 0.05) is 22.4 Å². The molecule has 0 unspecified atom stereocenters. The van der Waals surface area contributed by atoms with E-state index in [1.807, 2.05) is 0 Å². The summed E-state index contributed by atoms with van der Waals surface area (Å²) in [7, 11) is 0. The second-order valence-electron chi connectivity index (χ2n) is 17.3. The van der Waals surface area contributed by atoms with Crippen LogP contribution in [0, 0.1) is 6.92 Å². The van der Waals surface area contributed by atoms with E-state index in [4.69, 9.17) is 0 Å². The van der Waals surface area contributed by atoms with Gasteiger partial charge in [0.2, 0.25) is 0 Å². The topological polar surface area (TPSA) is 3.24 Å². The molecule has 1 aliphatic rings. The van der Waals surface area contributed by atoms with Crippen LogP contribution in [0.15, 0.2) is 231 Å². The highest BCUT2D eigenvalue weighted by molar-refractivity contribution is 6.01. The monoisotopic (exact) mass is 805 g/mol. The predicted molar refractivity (Wildman–Crippen MR) is 268 cm³/mol. The Bertz CT molecular complexity index is 3230. The molecule has 0 bridgehead atoms. The third-order valence-corrected chi connectivity index (χ3v) is 13.2. The van der Waals surface area contributed by atoms with Gasteiger partial charge in [-0.3, -0.25) is 0 Å². The fourth-order valence-corrected chi connectivity index (χ4v) is 10.1. The van der Waals surface area contributed by atoms with Crippen LogP contribution < -0.4 is 4.90 Å². The molecule has 0 saturated carbocycles. The Morgan fingerprint density at radius 2 is 0.810 bits per heavy atom. The Morgan fingerprint density at radius 3 is 1.41 bits per heavy atom. The number of fused-ring (bicyclic) bond motifs is 4. The Balaban J connectivity index is 1.14. The largest absolute Gasteiger partial charge is 0.310 e. The molecule has 0 aliphatic heterocycles. The van der Waals surface area contributed by atoms with Crippen molar-refractivity contribution in [3.63, 3.8) is 0 Å². The van der Waals surface area contributed by atoms with Crippen molar-refractivity contribution in [2.24, 2.45) is 0 Å². The fourth-order valence-electron chi connectivity index (χ4n) is 10.1.